The molecular weight excluding hydrogens is 521 g/mol. The van der Waals surface area contributed by atoms with Crippen molar-refractivity contribution >= 4 is 17.3 Å². The van der Waals surface area contributed by atoms with Gasteiger partial charge in [0.05, 0.1) is 23.0 Å². The van der Waals surface area contributed by atoms with Crippen molar-refractivity contribution in [3.05, 3.63) is 83.3 Å². The SMILES string of the molecule is Cc1ccc(C(=O)Nc2cc(N3CCN(C)CC3)cc(C(F)(F)F)c2)cc1-n1cc(-c2cncc(C#N)c2)nn1. The second-order valence-corrected chi connectivity index (χ2v) is 9.63. The van der Waals surface area contributed by atoms with Gasteiger partial charge in [0.2, 0.25) is 0 Å². The Balaban J connectivity index is 1.41. The Kier molecular flexibility index (Phi) is 7.23. The minimum absolute atomic E-state index is 0.0591. The summed E-state index contributed by atoms with van der Waals surface area (Å²) in [6.07, 6.45) is 0.0967. The van der Waals surface area contributed by atoms with Gasteiger partial charge in [-0.2, -0.15) is 18.4 Å². The first-order valence-corrected chi connectivity index (χ1v) is 12.5. The quantitative estimate of drug-likeness (QED) is 0.392. The highest BCUT2D eigenvalue weighted by Gasteiger charge is 2.32. The molecule has 1 fully saturated rings. The number of benzene rings is 2. The van der Waals surface area contributed by atoms with Gasteiger partial charge in [-0.25, -0.2) is 4.68 Å². The zero-order valence-corrected chi connectivity index (χ0v) is 21.8. The van der Waals surface area contributed by atoms with Crippen LogP contribution in [0.25, 0.3) is 16.9 Å². The number of rotatable bonds is 5. The van der Waals surface area contributed by atoms with Crippen molar-refractivity contribution in [2.45, 2.75) is 13.1 Å². The fourth-order valence-electron chi connectivity index (χ4n) is 4.45. The Labute approximate surface area is 228 Å². The number of pyridine rings is 1. The third-order valence-electron chi connectivity index (χ3n) is 6.75. The molecule has 1 aliphatic heterocycles. The molecule has 4 aromatic rings. The largest absolute Gasteiger partial charge is 0.416 e. The lowest BCUT2D eigenvalue weighted by Crippen LogP contribution is -2.44. The van der Waals surface area contributed by atoms with Crippen LogP contribution < -0.4 is 10.2 Å². The van der Waals surface area contributed by atoms with Crippen LogP contribution in [-0.2, 0) is 6.18 Å². The number of halogens is 3. The van der Waals surface area contributed by atoms with E-state index in [1.165, 1.54) is 10.9 Å². The van der Waals surface area contributed by atoms with Gasteiger partial charge >= 0.3 is 6.18 Å². The van der Waals surface area contributed by atoms with Gasteiger partial charge < -0.3 is 15.1 Å². The maximum Gasteiger partial charge on any atom is 0.416 e. The van der Waals surface area contributed by atoms with Crippen LogP contribution in [0.4, 0.5) is 24.5 Å². The first-order valence-electron chi connectivity index (χ1n) is 12.5. The predicted molar refractivity (Wildman–Crippen MR) is 143 cm³/mol. The van der Waals surface area contributed by atoms with Gasteiger partial charge in [0.1, 0.15) is 11.8 Å². The summed E-state index contributed by atoms with van der Waals surface area (Å²) in [5, 5.41) is 20.1. The molecule has 12 heteroatoms. The first kappa shape index (κ1) is 26.8. The van der Waals surface area contributed by atoms with E-state index in [-0.39, 0.29) is 11.3 Å². The summed E-state index contributed by atoms with van der Waals surface area (Å²) >= 11 is 0. The van der Waals surface area contributed by atoms with E-state index in [0.717, 1.165) is 30.8 Å². The molecule has 0 atom stereocenters. The van der Waals surface area contributed by atoms with Gasteiger partial charge in [0.25, 0.3) is 5.91 Å². The minimum Gasteiger partial charge on any atom is -0.369 e. The van der Waals surface area contributed by atoms with Crippen LogP contribution in [-0.4, -0.2) is 64.0 Å². The predicted octanol–water partition coefficient (Wildman–Crippen LogP) is 4.53. The van der Waals surface area contributed by atoms with Crippen LogP contribution in [0.1, 0.15) is 27.0 Å². The van der Waals surface area contributed by atoms with Crippen LogP contribution >= 0.6 is 0 Å². The maximum absolute atomic E-state index is 13.7. The monoisotopic (exact) mass is 546 g/mol. The number of piperazine rings is 1. The summed E-state index contributed by atoms with van der Waals surface area (Å²) in [5.41, 5.74) is 2.73. The van der Waals surface area contributed by atoms with Gasteiger partial charge in [-0.1, -0.05) is 11.3 Å². The van der Waals surface area contributed by atoms with Crippen molar-refractivity contribution in [3.63, 3.8) is 0 Å². The van der Waals surface area contributed by atoms with Gasteiger partial charge in [-0.15, -0.1) is 5.10 Å². The molecule has 1 amide bonds. The molecule has 0 radical (unpaired) electrons. The summed E-state index contributed by atoms with van der Waals surface area (Å²) in [7, 11) is 1.97. The normalized spacial score (nSPS) is 14.2. The van der Waals surface area contributed by atoms with Crippen molar-refractivity contribution in [1.29, 1.82) is 5.26 Å². The number of anilines is 2. The second kappa shape index (κ2) is 10.8. The van der Waals surface area contributed by atoms with E-state index >= 15 is 0 Å². The molecule has 1 aliphatic rings. The Morgan fingerprint density at radius 3 is 2.55 bits per heavy atom. The molecule has 204 valence electrons. The number of nitrogens with one attached hydrogen (secondary N) is 1. The maximum atomic E-state index is 13.7. The third-order valence-corrected chi connectivity index (χ3v) is 6.75. The van der Waals surface area contributed by atoms with E-state index in [1.54, 1.807) is 42.7 Å². The molecule has 0 saturated carbocycles. The Morgan fingerprint density at radius 2 is 1.82 bits per heavy atom. The molecule has 0 unspecified atom stereocenters. The highest BCUT2D eigenvalue weighted by molar-refractivity contribution is 6.05. The Bertz CT molecular complexity index is 1600. The molecule has 40 heavy (non-hydrogen) atoms. The Morgan fingerprint density at radius 1 is 1.05 bits per heavy atom. The van der Waals surface area contributed by atoms with E-state index in [4.69, 9.17) is 5.26 Å². The van der Waals surface area contributed by atoms with Crippen LogP contribution in [0, 0.1) is 18.3 Å². The van der Waals surface area contributed by atoms with Crippen molar-refractivity contribution in [1.82, 2.24) is 24.9 Å². The van der Waals surface area contributed by atoms with Crippen LogP contribution in [0.5, 0.6) is 0 Å². The number of hydrogen-bond donors (Lipinski definition) is 1. The van der Waals surface area contributed by atoms with Crippen molar-refractivity contribution < 1.29 is 18.0 Å². The van der Waals surface area contributed by atoms with Crippen molar-refractivity contribution in [3.8, 4) is 23.0 Å². The number of carbonyl (C=O) groups is 1. The summed E-state index contributed by atoms with van der Waals surface area (Å²) in [6.45, 7) is 4.47. The number of hydrogen-bond acceptors (Lipinski definition) is 7. The molecule has 0 spiro atoms. The number of aromatic nitrogens is 4. The van der Waals surface area contributed by atoms with Crippen molar-refractivity contribution in [2.24, 2.45) is 0 Å². The highest BCUT2D eigenvalue weighted by Crippen LogP contribution is 2.35. The van der Waals surface area contributed by atoms with E-state index in [0.29, 0.717) is 41.3 Å². The molecule has 2 aromatic carbocycles. The number of alkyl halides is 3. The molecule has 5 rings (SSSR count). The van der Waals surface area contributed by atoms with E-state index in [1.807, 2.05) is 24.9 Å². The standard InChI is InChI=1S/C28H25F3N8O/c1-18-3-4-20(10-26(18)39-17-25(35-36-39)21-9-19(14-32)15-33-16-21)27(40)34-23-11-22(28(29,30)31)12-24(13-23)38-7-5-37(2)6-8-38/h3-4,9-13,15-17H,5-8H2,1-2H3,(H,34,40). The average molecular weight is 547 g/mol. The van der Waals surface area contributed by atoms with Gasteiger partial charge in [0.15, 0.2) is 0 Å². The molecular formula is C28H25F3N8O. The smallest absolute Gasteiger partial charge is 0.369 e. The highest BCUT2D eigenvalue weighted by atomic mass is 19.4. The third kappa shape index (κ3) is 5.79. The molecule has 0 bridgehead atoms. The zero-order chi connectivity index (χ0) is 28.4. The number of likely N-dealkylation sites (N-methyl/N-ethyl adjacent to an activating group) is 1. The van der Waals surface area contributed by atoms with Gasteiger partial charge in [-0.05, 0) is 55.9 Å². The Hall–Kier alpha value is -4.76. The van der Waals surface area contributed by atoms with Crippen LogP contribution in [0.2, 0.25) is 0 Å². The summed E-state index contributed by atoms with van der Waals surface area (Å²) < 4.78 is 42.6. The molecule has 3 heterocycles. The zero-order valence-electron chi connectivity index (χ0n) is 21.8. The minimum atomic E-state index is -4.56. The second-order valence-electron chi connectivity index (χ2n) is 9.63. The molecule has 9 nitrogen and oxygen atoms in total. The molecule has 0 aliphatic carbocycles. The summed E-state index contributed by atoms with van der Waals surface area (Å²) in [5.74, 6) is -0.559. The average Bonchev–Trinajstić information content (AvgIpc) is 3.43. The van der Waals surface area contributed by atoms with E-state index in [2.05, 4.69) is 25.5 Å². The van der Waals surface area contributed by atoms with Gasteiger partial charge in [0, 0.05) is 61.1 Å². The van der Waals surface area contributed by atoms with Gasteiger partial charge in [-0.3, -0.25) is 9.78 Å². The van der Waals surface area contributed by atoms with E-state index in [9.17, 15) is 18.0 Å². The first-order chi connectivity index (χ1) is 19.1. The lowest BCUT2D eigenvalue weighted by molar-refractivity contribution is -0.137. The lowest BCUT2D eigenvalue weighted by Gasteiger charge is -2.34. The fraction of sp³-hybridized carbons (Fsp3) is 0.250. The van der Waals surface area contributed by atoms with Crippen LogP contribution in [0.15, 0.2) is 61.1 Å². The van der Waals surface area contributed by atoms with E-state index < -0.39 is 17.6 Å². The summed E-state index contributed by atoms with van der Waals surface area (Å²) in [6, 6.07) is 12.2. The molecule has 2 aromatic heterocycles. The van der Waals surface area contributed by atoms with Crippen molar-refractivity contribution in [2.75, 3.05) is 43.4 Å². The number of carbonyl (C=O) groups excluding carboxylic acids is 1. The fourth-order valence-corrected chi connectivity index (χ4v) is 4.45. The number of aryl methyl sites for hydroxylation is 1. The number of nitrogens with zero attached hydrogens (tertiary/aromatic N) is 7. The summed E-state index contributed by atoms with van der Waals surface area (Å²) in [4.78, 5) is 21.2. The number of amides is 1. The van der Waals surface area contributed by atoms with Crippen LogP contribution in [0.3, 0.4) is 0 Å². The topological polar surface area (TPSA) is 103 Å². The number of nitriles is 1. The molecule has 1 N–H and O–H groups in total. The lowest BCUT2D eigenvalue weighted by atomic mass is 10.1. The molecule has 1 saturated heterocycles.